The quantitative estimate of drug-likeness (QED) is 0.645. The Balaban J connectivity index is 2.32. The zero-order chi connectivity index (χ0) is 12.8. The summed E-state index contributed by atoms with van der Waals surface area (Å²) in [7, 11) is 7.44. The van der Waals surface area contributed by atoms with Gasteiger partial charge in [-0.05, 0) is 40.0 Å². The summed E-state index contributed by atoms with van der Waals surface area (Å²) >= 11 is 0. The number of hydrogen-bond acceptors (Lipinski definition) is 5. The van der Waals surface area contributed by atoms with Gasteiger partial charge in [0.05, 0.1) is 7.11 Å². The van der Waals surface area contributed by atoms with Gasteiger partial charge in [0.25, 0.3) is 0 Å². The first-order valence-electron chi connectivity index (χ1n) is 6.19. The van der Waals surface area contributed by atoms with E-state index in [-0.39, 0.29) is 12.0 Å². The smallest absolute Gasteiger partial charge is 0.324 e. The van der Waals surface area contributed by atoms with Gasteiger partial charge >= 0.3 is 5.97 Å². The molecule has 1 aliphatic rings. The molecular weight excluding hydrogens is 218 g/mol. The third-order valence-electron chi connectivity index (χ3n) is 3.39. The Hall–Kier alpha value is -0.650. The number of rotatable bonds is 6. The fraction of sp³-hybridized carbons (Fsp3) is 0.917. The van der Waals surface area contributed by atoms with E-state index in [4.69, 9.17) is 4.74 Å². The van der Waals surface area contributed by atoms with Crippen LogP contribution >= 0.6 is 0 Å². The molecule has 0 bridgehead atoms. The Bertz CT molecular complexity index is 248. The molecule has 1 aliphatic heterocycles. The Labute approximate surface area is 104 Å². The molecule has 2 atom stereocenters. The number of ether oxygens (including phenoxy) is 1. The van der Waals surface area contributed by atoms with Crippen LogP contribution in [0.15, 0.2) is 0 Å². The molecular formula is C12H25N3O2. The normalized spacial score (nSPS) is 23.0. The molecule has 0 spiro atoms. The minimum absolute atomic E-state index is 0.192. The second-order valence-corrected chi connectivity index (χ2v) is 5.00. The minimum Gasteiger partial charge on any atom is -0.468 e. The molecule has 17 heavy (non-hydrogen) atoms. The molecule has 1 fully saturated rings. The number of carbonyl (C=O) groups excluding carboxylic acids is 1. The SMILES string of the molecule is CNC(CN(C)CC1CCN(C)C1)C(=O)OC. The largest absolute Gasteiger partial charge is 0.468 e. The van der Waals surface area contributed by atoms with Gasteiger partial charge in [-0.2, -0.15) is 0 Å². The molecule has 2 unspecified atom stereocenters. The van der Waals surface area contributed by atoms with Crippen molar-refractivity contribution in [3.05, 3.63) is 0 Å². The van der Waals surface area contributed by atoms with Crippen molar-refractivity contribution >= 4 is 5.97 Å². The van der Waals surface area contributed by atoms with Crippen molar-refractivity contribution < 1.29 is 9.53 Å². The van der Waals surface area contributed by atoms with Crippen LogP contribution in [0, 0.1) is 5.92 Å². The second-order valence-electron chi connectivity index (χ2n) is 5.00. The highest BCUT2D eigenvalue weighted by Gasteiger charge is 2.23. The van der Waals surface area contributed by atoms with E-state index in [2.05, 4.69) is 29.2 Å². The number of methoxy groups -OCH3 is 1. The number of likely N-dealkylation sites (N-methyl/N-ethyl adjacent to an activating group) is 2. The first-order chi connectivity index (χ1) is 8.06. The van der Waals surface area contributed by atoms with Gasteiger partial charge in [-0.1, -0.05) is 0 Å². The maximum absolute atomic E-state index is 11.4. The van der Waals surface area contributed by atoms with E-state index >= 15 is 0 Å². The molecule has 0 saturated carbocycles. The van der Waals surface area contributed by atoms with Crippen molar-refractivity contribution in [1.29, 1.82) is 0 Å². The molecule has 1 rings (SSSR count). The lowest BCUT2D eigenvalue weighted by molar-refractivity contribution is -0.143. The van der Waals surface area contributed by atoms with Gasteiger partial charge in [0.2, 0.25) is 0 Å². The molecule has 0 aromatic rings. The number of nitrogens with zero attached hydrogens (tertiary/aromatic N) is 2. The third-order valence-corrected chi connectivity index (χ3v) is 3.39. The molecule has 1 N–H and O–H groups in total. The van der Waals surface area contributed by atoms with E-state index in [1.54, 1.807) is 7.05 Å². The summed E-state index contributed by atoms with van der Waals surface area (Å²) in [6.45, 7) is 4.08. The number of hydrogen-bond donors (Lipinski definition) is 1. The molecule has 1 saturated heterocycles. The molecule has 5 nitrogen and oxygen atoms in total. The Kier molecular flexibility index (Phi) is 5.88. The fourth-order valence-corrected chi connectivity index (χ4v) is 2.43. The van der Waals surface area contributed by atoms with Crippen LogP contribution in [0.3, 0.4) is 0 Å². The van der Waals surface area contributed by atoms with Crippen LogP contribution in [0.2, 0.25) is 0 Å². The lowest BCUT2D eigenvalue weighted by atomic mass is 10.1. The van der Waals surface area contributed by atoms with Gasteiger partial charge in [0.1, 0.15) is 6.04 Å². The number of nitrogens with one attached hydrogen (secondary N) is 1. The van der Waals surface area contributed by atoms with Crippen LogP contribution in [0.4, 0.5) is 0 Å². The first kappa shape index (κ1) is 14.4. The van der Waals surface area contributed by atoms with Gasteiger partial charge in [0.15, 0.2) is 0 Å². The lowest BCUT2D eigenvalue weighted by Crippen LogP contribution is -2.45. The maximum Gasteiger partial charge on any atom is 0.324 e. The van der Waals surface area contributed by atoms with E-state index in [0.717, 1.165) is 19.0 Å². The topological polar surface area (TPSA) is 44.8 Å². The summed E-state index contributed by atoms with van der Waals surface area (Å²) in [5.74, 6) is 0.531. The number of likely N-dealkylation sites (tertiary alicyclic amines) is 1. The summed E-state index contributed by atoms with van der Waals surface area (Å²) in [4.78, 5) is 16.0. The zero-order valence-corrected chi connectivity index (χ0v) is 11.4. The molecule has 100 valence electrons. The van der Waals surface area contributed by atoms with Crippen molar-refractivity contribution in [1.82, 2.24) is 15.1 Å². The first-order valence-corrected chi connectivity index (χ1v) is 6.19. The predicted molar refractivity (Wildman–Crippen MR) is 68.0 cm³/mol. The summed E-state index contributed by atoms with van der Waals surface area (Å²) in [6.07, 6.45) is 1.25. The zero-order valence-electron chi connectivity index (χ0n) is 11.4. The fourth-order valence-electron chi connectivity index (χ4n) is 2.43. The lowest BCUT2D eigenvalue weighted by Gasteiger charge is -2.24. The van der Waals surface area contributed by atoms with Gasteiger partial charge in [0, 0.05) is 19.6 Å². The highest BCUT2D eigenvalue weighted by Crippen LogP contribution is 2.15. The molecule has 0 radical (unpaired) electrons. The van der Waals surface area contributed by atoms with Gasteiger partial charge in [-0.15, -0.1) is 0 Å². The molecule has 0 aliphatic carbocycles. The Morgan fingerprint density at radius 2 is 2.35 bits per heavy atom. The molecule has 0 aromatic heterocycles. The predicted octanol–water partition coefficient (Wildman–Crippen LogP) is -0.369. The summed E-state index contributed by atoms with van der Waals surface area (Å²) in [6, 6.07) is -0.232. The van der Waals surface area contributed by atoms with Crippen molar-refractivity contribution in [3.63, 3.8) is 0 Å². The van der Waals surface area contributed by atoms with E-state index in [0.29, 0.717) is 6.54 Å². The van der Waals surface area contributed by atoms with Crippen molar-refractivity contribution in [2.75, 3.05) is 54.4 Å². The maximum atomic E-state index is 11.4. The number of esters is 1. The van der Waals surface area contributed by atoms with Crippen LogP contribution in [0.1, 0.15) is 6.42 Å². The number of carbonyl (C=O) groups is 1. The minimum atomic E-state index is -0.232. The molecule has 1 heterocycles. The summed E-state index contributed by atoms with van der Waals surface area (Å²) < 4.78 is 4.75. The van der Waals surface area contributed by atoms with Crippen molar-refractivity contribution in [2.24, 2.45) is 5.92 Å². The van der Waals surface area contributed by atoms with E-state index < -0.39 is 0 Å². The summed E-state index contributed by atoms with van der Waals surface area (Å²) in [5, 5.41) is 2.99. The van der Waals surface area contributed by atoms with E-state index in [1.165, 1.54) is 20.1 Å². The van der Waals surface area contributed by atoms with Crippen molar-refractivity contribution in [2.45, 2.75) is 12.5 Å². The molecule has 5 heteroatoms. The molecule has 0 aromatic carbocycles. The van der Waals surface area contributed by atoms with Gasteiger partial charge < -0.3 is 19.9 Å². The Morgan fingerprint density at radius 3 is 2.82 bits per heavy atom. The average molecular weight is 243 g/mol. The van der Waals surface area contributed by atoms with E-state index in [9.17, 15) is 4.79 Å². The Morgan fingerprint density at radius 1 is 1.65 bits per heavy atom. The van der Waals surface area contributed by atoms with Crippen LogP contribution in [-0.2, 0) is 9.53 Å². The van der Waals surface area contributed by atoms with Crippen LogP contribution < -0.4 is 5.32 Å². The standard InChI is InChI=1S/C12H25N3O2/c1-13-11(12(16)17-4)9-15(3)8-10-5-6-14(2)7-10/h10-11,13H,5-9H2,1-4H3. The third kappa shape index (κ3) is 4.61. The van der Waals surface area contributed by atoms with Crippen molar-refractivity contribution in [3.8, 4) is 0 Å². The van der Waals surface area contributed by atoms with E-state index in [1.807, 2.05) is 0 Å². The van der Waals surface area contributed by atoms with Crippen LogP contribution in [0.5, 0.6) is 0 Å². The van der Waals surface area contributed by atoms with Crippen LogP contribution in [-0.4, -0.2) is 76.2 Å². The highest BCUT2D eigenvalue weighted by atomic mass is 16.5. The molecule has 0 amide bonds. The van der Waals surface area contributed by atoms with Gasteiger partial charge in [-0.3, -0.25) is 4.79 Å². The monoisotopic (exact) mass is 243 g/mol. The second kappa shape index (κ2) is 6.93. The average Bonchev–Trinajstić information content (AvgIpc) is 2.70. The highest BCUT2D eigenvalue weighted by molar-refractivity contribution is 5.75. The summed E-state index contributed by atoms with van der Waals surface area (Å²) in [5.41, 5.74) is 0. The van der Waals surface area contributed by atoms with Crippen LogP contribution in [0.25, 0.3) is 0 Å². The van der Waals surface area contributed by atoms with Gasteiger partial charge in [-0.25, -0.2) is 0 Å².